The van der Waals surface area contributed by atoms with Crippen LogP contribution < -0.4 is 26.8 Å². The first-order valence-corrected chi connectivity index (χ1v) is 36.1. The molecule has 0 spiro atoms. The SMILES string of the molecule is CCCCCCCCCCCCCCCCCC[NH+](C)CCCCCCCCCCCCCCCCCC.Fc1c(F)c(F)c2c(F)c([B-](c3c(F)c(F)c4c(F)c(F)c(F)c(F)c4c3F)(c3c(F)c(F)c4c(F)c(F)c(F)c(F)c4c3F)c3c(F)c(F)c4c(F)c(F)c(F)c(F)c4c3F)c(F)c(F)c2c1F. The number of unbranched alkanes of at least 4 members (excludes halogenated alkanes) is 30. The van der Waals surface area contributed by atoms with Crippen molar-refractivity contribution in [3.05, 3.63) is 163 Å². The van der Waals surface area contributed by atoms with Gasteiger partial charge in [-0.25, -0.2) is 123 Å². The Balaban J connectivity index is 0.000000358. The molecule has 107 heavy (non-hydrogen) atoms. The second kappa shape index (κ2) is 39.0. The highest BCUT2D eigenvalue weighted by Crippen LogP contribution is 2.41. The Bertz CT molecular complexity index is 3980. The monoisotopic (exact) mass is 1560 g/mol. The molecule has 0 saturated heterocycles. The topological polar surface area (TPSA) is 4.44 Å². The van der Waals surface area contributed by atoms with Gasteiger partial charge in [-0.3, -0.25) is 0 Å². The summed E-state index contributed by atoms with van der Waals surface area (Å²) in [5.41, 5.74) is -15.9. The fraction of sp³-hybridized carbons (Fsp3) is 0.481. The summed E-state index contributed by atoms with van der Waals surface area (Å²) in [6, 6.07) is 0. The van der Waals surface area contributed by atoms with Crippen molar-refractivity contribution in [2.75, 3.05) is 20.1 Å². The van der Waals surface area contributed by atoms with Gasteiger partial charge in [0, 0.05) is 0 Å². The lowest BCUT2D eigenvalue weighted by Gasteiger charge is -2.45. The molecule has 1 nitrogen and oxygen atoms in total. The molecule has 0 atom stereocenters. The predicted octanol–water partition coefficient (Wildman–Crippen LogP) is 23.6. The Morgan fingerprint density at radius 2 is 0.280 bits per heavy atom. The van der Waals surface area contributed by atoms with Crippen molar-refractivity contribution < 1.29 is 128 Å². The van der Waals surface area contributed by atoms with Crippen molar-refractivity contribution >= 4 is 71.1 Å². The average molecular weight is 1560 g/mol. The molecule has 8 rings (SSSR count). The Hall–Kier alpha value is -7.14. The van der Waals surface area contributed by atoms with Crippen LogP contribution in [-0.2, 0) is 0 Å². The molecule has 1 N–H and O–H groups in total. The molecule has 8 aromatic rings. The van der Waals surface area contributed by atoms with Crippen molar-refractivity contribution in [3.63, 3.8) is 0 Å². The summed E-state index contributed by atoms with van der Waals surface area (Å²) in [5.74, 6) is -102. The minimum absolute atomic E-state index is 1.37. The van der Waals surface area contributed by atoms with Gasteiger partial charge in [0.2, 0.25) is 0 Å². The highest BCUT2D eigenvalue weighted by atomic mass is 19.2. The summed E-state index contributed by atoms with van der Waals surface area (Å²) in [7, 11) is 2.43. The molecule has 0 aromatic heterocycles. The van der Waals surface area contributed by atoms with Crippen LogP contribution in [0.15, 0.2) is 0 Å². The van der Waals surface area contributed by atoms with Crippen LogP contribution in [0.5, 0.6) is 0 Å². The normalized spacial score (nSPS) is 12.1. The number of nitrogens with one attached hydrogen (secondary N) is 1. The molecule has 0 aliphatic carbocycles. The zero-order valence-electron chi connectivity index (χ0n) is 58.7. The lowest BCUT2D eigenvalue weighted by molar-refractivity contribution is -0.880. The van der Waals surface area contributed by atoms with Gasteiger partial charge in [0.15, 0.2) is 116 Å². The Labute approximate surface area is 599 Å². The number of hydrogen-bond acceptors (Lipinski definition) is 0. The van der Waals surface area contributed by atoms with Gasteiger partial charge in [0.25, 0.3) is 0 Å². The quantitative estimate of drug-likeness (QED) is 0.0129. The van der Waals surface area contributed by atoms with E-state index in [1.807, 2.05) is 0 Å². The number of fused-ring (bicyclic) bond motifs is 4. The van der Waals surface area contributed by atoms with E-state index in [4.69, 9.17) is 0 Å². The average Bonchev–Trinajstić information content (AvgIpc) is 0.668. The standard InChI is InChI=1S/C40BF28.C37H77N/c42-13-1-5(25(54)37(66)33(62)21(1)50)17(46)29(58)9(13)41(10-14(43)2-6(18(47)30(10)59)26(55)38(67)34(63)22(2)51,11-15(44)3-7(19(48)31(11)60)27(56)39(68)35(64)23(3)52)12-16(45)4-8(20(49)32(12)61)28(57)40(69)36(65)24(4)53;1-4-6-8-10-12-14-16-18-20-22-24-26-28-30-32-34-36-38(3)37-35-33-31-29-27-25-23-21-19-17-15-13-11-9-7-5-2/h;4-37H2,1-3H3/q-1;/p+1. The lowest BCUT2D eigenvalue weighted by Crippen LogP contribution is -3.09. The van der Waals surface area contributed by atoms with Gasteiger partial charge in [0.05, 0.1) is 63.2 Å². The van der Waals surface area contributed by atoms with Crippen molar-refractivity contribution in [3.8, 4) is 0 Å². The van der Waals surface area contributed by atoms with Crippen molar-refractivity contribution in [2.24, 2.45) is 0 Å². The number of hydrogen-bond donors (Lipinski definition) is 1. The molecule has 30 heteroatoms. The van der Waals surface area contributed by atoms with Crippen LogP contribution in [0.2, 0.25) is 0 Å². The van der Waals surface area contributed by atoms with Crippen LogP contribution in [-0.4, -0.2) is 26.3 Å². The van der Waals surface area contributed by atoms with Crippen molar-refractivity contribution in [1.82, 2.24) is 0 Å². The molecule has 0 bridgehead atoms. The summed E-state index contributed by atoms with van der Waals surface area (Å²) in [6.45, 7) is 7.42. The highest BCUT2D eigenvalue weighted by molar-refractivity contribution is 7.20. The van der Waals surface area contributed by atoms with Crippen molar-refractivity contribution in [2.45, 2.75) is 219 Å². The molecule has 0 amide bonds. The predicted molar refractivity (Wildman–Crippen MR) is 355 cm³/mol. The first-order valence-electron chi connectivity index (χ1n) is 36.1. The molecule has 0 fully saturated rings. The molecule has 0 aliphatic heterocycles. The summed E-state index contributed by atoms with van der Waals surface area (Å²) >= 11 is 0. The molecule has 0 saturated carbocycles. The van der Waals surface area contributed by atoms with Gasteiger partial charge >= 0.3 is 0 Å². The van der Waals surface area contributed by atoms with Gasteiger partial charge in [-0.2, -0.15) is 0 Å². The Kier molecular flexibility index (Phi) is 31.7. The van der Waals surface area contributed by atoms with E-state index in [0.29, 0.717) is 0 Å². The molecule has 590 valence electrons. The minimum atomic E-state index is -7.99. The lowest BCUT2D eigenvalue weighted by atomic mass is 9.12. The highest BCUT2D eigenvalue weighted by Gasteiger charge is 2.53. The fourth-order valence-electron chi connectivity index (χ4n) is 14.5. The van der Waals surface area contributed by atoms with Crippen molar-refractivity contribution in [1.29, 1.82) is 0 Å². The number of halogens is 28. The zero-order chi connectivity index (χ0) is 79.2. The van der Waals surface area contributed by atoms with E-state index in [1.165, 1.54) is 219 Å². The van der Waals surface area contributed by atoms with E-state index in [1.54, 1.807) is 4.90 Å². The van der Waals surface area contributed by atoms with Gasteiger partial charge < -0.3 is 4.90 Å². The summed E-state index contributed by atoms with van der Waals surface area (Å²) < 4.78 is 442. The smallest absolute Gasteiger partial charge is 0.198 e. The first kappa shape index (κ1) is 87.1. The molecule has 0 aliphatic rings. The molecule has 0 heterocycles. The first-order chi connectivity index (χ1) is 50.8. The fourth-order valence-corrected chi connectivity index (χ4v) is 14.5. The maximum Gasteiger partial charge on any atom is 0.198 e. The summed E-state index contributed by atoms with van der Waals surface area (Å²) in [6.07, 6.45) is 39.1. The largest absolute Gasteiger partial charge is 0.337 e. The van der Waals surface area contributed by atoms with E-state index in [0.717, 1.165) is 0 Å². The van der Waals surface area contributed by atoms with E-state index >= 15 is 87.8 Å². The number of rotatable bonds is 38. The van der Waals surface area contributed by atoms with Crippen LogP contribution in [0.4, 0.5) is 123 Å². The minimum Gasteiger partial charge on any atom is -0.337 e. The third-order valence-corrected chi connectivity index (χ3v) is 20.1. The second-order valence-electron chi connectivity index (χ2n) is 27.4. The van der Waals surface area contributed by atoms with Gasteiger partial charge in [-0.15, -0.1) is 21.9 Å². The zero-order valence-corrected chi connectivity index (χ0v) is 58.7. The summed E-state index contributed by atoms with van der Waals surface area (Å²) in [5, 5.41) is -25.0. The molecule has 0 radical (unpaired) electrons. The van der Waals surface area contributed by atoms with Crippen LogP contribution in [0.25, 0.3) is 43.1 Å². The molecule has 8 aromatic carbocycles. The van der Waals surface area contributed by atoms with Gasteiger partial charge in [-0.1, -0.05) is 194 Å². The third kappa shape index (κ3) is 17.7. The second-order valence-corrected chi connectivity index (χ2v) is 27.4. The maximum absolute atomic E-state index is 17.4. The summed E-state index contributed by atoms with van der Waals surface area (Å²) in [4.78, 5) is 1.78. The Morgan fingerprint density at radius 3 is 0.430 bits per heavy atom. The molecule has 0 unspecified atom stereocenters. The number of benzene rings is 8. The van der Waals surface area contributed by atoms with E-state index in [9.17, 15) is 35.1 Å². The third-order valence-electron chi connectivity index (χ3n) is 20.1. The number of quaternary nitrogens is 1. The van der Waals surface area contributed by atoms with E-state index in [-0.39, 0.29) is 0 Å². The van der Waals surface area contributed by atoms with Crippen LogP contribution in [0, 0.1) is 163 Å². The van der Waals surface area contributed by atoms with E-state index in [2.05, 4.69) is 20.9 Å². The maximum atomic E-state index is 17.4. The molecular formula is C77H78BF28N. The van der Waals surface area contributed by atoms with Crippen LogP contribution >= 0.6 is 0 Å². The van der Waals surface area contributed by atoms with Crippen LogP contribution in [0.1, 0.15) is 219 Å². The van der Waals surface area contributed by atoms with Gasteiger partial charge in [0.1, 0.15) is 52.7 Å². The van der Waals surface area contributed by atoms with E-state index < -0.39 is 234 Å². The Morgan fingerprint density at radius 1 is 0.159 bits per heavy atom. The molecular weight excluding hydrogens is 1480 g/mol. The van der Waals surface area contributed by atoms with Crippen LogP contribution in [0.3, 0.4) is 0 Å². The van der Waals surface area contributed by atoms with Gasteiger partial charge in [-0.05, 0) is 25.7 Å².